The number of carbonyl (C=O) groups excluding carboxylic acids is 1. The number of thiazole rings is 1. The smallest absolute Gasteiger partial charge is 0.338 e. The van der Waals surface area contributed by atoms with E-state index in [1.165, 1.54) is 11.3 Å². The summed E-state index contributed by atoms with van der Waals surface area (Å²) in [5.41, 5.74) is 2.28. The fraction of sp³-hybridized carbons (Fsp3) is 0.303. The average Bonchev–Trinajstić information content (AvgIpc) is 3.28. The first-order valence-corrected chi connectivity index (χ1v) is 14.8. The summed E-state index contributed by atoms with van der Waals surface area (Å²) in [7, 11) is 0. The SMILES string of the molecule is CCCCOc1ccc2ccccc2c1/C=c1/sc2n(c1=O)[C@H](c1ccc(OCC)cc1)C(C(=O)OCC)=C(C)N=2. The number of esters is 1. The molecule has 0 unspecified atom stereocenters. The predicted molar refractivity (Wildman–Crippen MR) is 162 cm³/mol. The highest BCUT2D eigenvalue weighted by atomic mass is 32.1. The van der Waals surface area contributed by atoms with Crippen molar-refractivity contribution in [2.24, 2.45) is 4.99 Å². The molecular weight excluding hydrogens is 536 g/mol. The molecule has 0 aliphatic carbocycles. The Balaban J connectivity index is 1.71. The zero-order valence-electron chi connectivity index (χ0n) is 23.8. The van der Waals surface area contributed by atoms with Crippen molar-refractivity contribution in [2.45, 2.75) is 46.6 Å². The molecular formula is C33H34N2O5S. The van der Waals surface area contributed by atoms with Crippen LogP contribution in [-0.2, 0) is 9.53 Å². The maximum Gasteiger partial charge on any atom is 0.338 e. The van der Waals surface area contributed by atoms with E-state index in [9.17, 15) is 9.59 Å². The third-order valence-corrected chi connectivity index (χ3v) is 7.97. The minimum absolute atomic E-state index is 0.220. The lowest BCUT2D eigenvalue weighted by molar-refractivity contribution is -0.139. The monoisotopic (exact) mass is 570 g/mol. The Kier molecular flexibility index (Phi) is 8.69. The number of benzene rings is 3. The van der Waals surface area contributed by atoms with Crippen LogP contribution < -0.4 is 24.4 Å². The summed E-state index contributed by atoms with van der Waals surface area (Å²) in [6.45, 7) is 8.95. The summed E-state index contributed by atoms with van der Waals surface area (Å²) in [5, 5.41) is 2.06. The van der Waals surface area contributed by atoms with Crippen LogP contribution in [0.3, 0.4) is 0 Å². The molecule has 0 N–H and O–H groups in total. The van der Waals surface area contributed by atoms with Gasteiger partial charge in [0.05, 0.1) is 41.7 Å². The highest BCUT2D eigenvalue weighted by molar-refractivity contribution is 7.07. The number of hydrogen-bond donors (Lipinski definition) is 0. The summed E-state index contributed by atoms with van der Waals surface area (Å²) >= 11 is 1.30. The van der Waals surface area contributed by atoms with Crippen LogP contribution in [0.25, 0.3) is 16.8 Å². The Bertz CT molecular complexity index is 1780. The maximum atomic E-state index is 14.2. The molecule has 4 aromatic rings. The van der Waals surface area contributed by atoms with Gasteiger partial charge in [-0.05, 0) is 67.8 Å². The molecule has 1 atom stereocenters. The molecule has 212 valence electrons. The molecule has 8 heteroatoms. The number of nitrogens with zero attached hydrogens (tertiary/aromatic N) is 2. The molecule has 0 saturated heterocycles. The van der Waals surface area contributed by atoms with Crippen LogP contribution in [0.5, 0.6) is 11.5 Å². The number of unbranched alkanes of at least 4 members (excludes halogenated alkanes) is 1. The normalized spacial score (nSPS) is 15.0. The van der Waals surface area contributed by atoms with E-state index >= 15 is 0 Å². The van der Waals surface area contributed by atoms with Crippen LogP contribution in [0.4, 0.5) is 0 Å². The minimum atomic E-state index is -0.684. The lowest BCUT2D eigenvalue weighted by Crippen LogP contribution is -2.39. The summed E-state index contributed by atoms with van der Waals surface area (Å²) in [6, 6.07) is 18.9. The van der Waals surface area contributed by atoms with Gasteiger partial charge >= 0.3 is 5.97 Å². The third kappa shape index (κ3) is 5.70. The molecule has 2 heterocycles. The van der Waals surface area contributed by atoms with Crippen molar-refractivity contribution in [3.63, 3.8) is 0 Å². The van der Waals surface area contributed by atoms with Crippen molar-refractivity contribution >= 4 is 34.2 Å². The van der Waals surface area contributed by atoms with E-state index in [0.29, 0.717) is 39.6 Å². The second kappa shape index (κ2) is 12.6. The lowest BCUT2D eigenvalue weighted by Gasteiger charge is -2.24. The standard InChI is InChI=1S/C33H34N2O5S/c1-5-8-19-40-27-18-15-22-11-9-10-12-25(22)26(27)20-28-31(36)35-30(23-13-16-24(17-14-23)38-6-2)29(32(37)39-7-3)21(4)34-33(35)41-28/h9-18,20,30H,5-8,19H2,1-4H3/b28-20+/t30-/m1/s1. The Morgan fingerprint density at radius 2 is 1.78 bits per heavy atom. The number of rotatable bonds is 10. The molecule has 5 rings (SSSR count). The second-order valence-corrected chi connectivity index (χ2v) is 10.7. The van der Waals surface area contributed by atoms with Gasteiger partial charge in [-0.3, -0.25) is 9.36 Å². The van der Waals surface area contributed by atoms with Gasteiger partial charge in [-0.15, -0.1) is 0 Å². The van der Waals surface area contributed by atoms with Crippen molar-refractivity contribution in [1.82, 2.24) is 4.57 Å². The van der Waals surface area contributed by atoms with Crippen molar-refractivity contribution in [2.75, 3.05) is 19.8 Å². The minimum Gasteiger partial charge on any atom is -0.494 e. The first-order valence-electron chi connectivity index (χ1n) is 14.0. The van der Waals surface area contributed by atoms with Crippen molar-refractivity contribution in [3.05, 3.63) is 103 Å². The molecule has 7 nitrogen and oxygen atoms in total. The van der Waals surface area contributed by atoms with Crippen molar-refractivity contribution < 1.29 is 19.0 Å². The van der Waals surface area contributed by atoms with Gasteiger partial charge in [-0.2, -0.15) is 0 Å². The maximum absolute atomic E-state index is 14.2. The summed E-state index contributed by atoms with van der Waals surface area (Å²) in [5.74, 6) is 0.964. The molecule has 0 amide bonds. The zero-order chi connectivity index (χ0) is 28.9. The fourth-order valence-electron chi connectivity index (χ4n) is 5.03. The van der Waals surface area contributed by atoms with Crippen LogP contribution >= 0.6 is 11.3 Å². The third-order valence-electron chi connectivity index (χ3n) is 6.99. The van der Waals surface area contributed by atoms with Crippen LogP contribution in [0.15, 0.2) is 81.7 Å². The average molecular weight is 571 g/mol. The summed E-state index contributed by atoms with van der Waals surface area (Å²) in [4.78, 5) is 32.6. The molecule has 1 aliphatic heterocycles. The highest BCUT2D eigenvalue weighted by Crippen LogP contribution is 2.32. The molecule has 0 radical (unpaired) electrons. The molecule has 0 spiro atoms. The number of fused-ring (bicyclic) bond motifs is 2. The molecule has 41 heavy (non-hydrogen) atoms. The Morgan fingerprint density at radius 1 is 1.00 bits per heavy atom. The molecule has 0 saturated carbocycles. The molecule has 0 fully saturated rings. The van der Waals surface area contributed by atoms with Crippen LogP contribution in [0.1, 0.15) is 57.7 Å². The van der Waals surface area contributed by atoms with E-state index in [4.69, 9.17) is 19.2 Å². The van der Waals surface area contributed by atoms with Crippen LogP contribution in [0, 0.1) is 0 Å². The fourth-order valence-corrected chi connectivity index (χ4v) is 6.06. The Morgan fingerprint density at radius 3 is 2.51 bits per heavy atom. The number of ether oxygens (including phenoxy) is 3. The first-order chi connectivity index (χ1) is 20.0. The van der Waals surface area contributed by atoms with Gasteiger partial charge in [-0.25, -0.2) is 9.79 Å². The summed E-state index contributed by atoms with van der Waals surface area (Å²) in [6.07, 6.45) is 3.85. The van der Waals surface area contributed by atoms with Gasteiger partial charge in [0.1, 0.15) is 11.5 Å². The summed E-state index contributed by atoms with van der Waals surface area (Å²) < 4.78 is 19.3. The van der Waals surface area contributed by atoms with Gasteiger partial charge in [-0.1, -0.05) is 67.1 Å². The zero-order valence-corrected chi connectivity index (χ0v) is 24.6. The van der Waals surface area contributed by atoms with Crippen LogP contribution in [0.2, 0.25) is 0 Å². The quantitative estimate of drug-likeness (QED) is 0.185. The number of carbonyl (C=O) groups is 1. The van der Waals surface area contributed by atoms with Crippen molar-refractivity contribution in [3.8, 4) is 11.5 Å². The number of aromatic nitrogens is 1. The van der Waals surface area contributed by atoms with E-state index in [1.807, 2.05) is 73.7 Å². The highest BCUT2D eigenvalue weighted by Gasteiger charge is 2.33. The number of allylic oxidation sites excluding steroid dienone is 1. The molecule has 1 aliphatic rings. The van der Waals surface area contributed by atoms with E-state index in [0.717, 1.165) is 40.5 Å². The first kappa shape index (κ1) is 28.4. The van der Waals surface area contributed by atoms with Gasteiger partial charge in [0.15, 0.2) is 4.80 Å². The number of hydrogen-bond acceptors (Lipinski definition) is 7. The largest absolute Gasteiger partial charge is 0.494 e. The van der Waals surface area contributed by atoms with Crippen molar-refractivity contribution in [1.29, 1.82) is 0 Å². The van der Waals surface area contributed by atoms with E-state index in [-0.39, 0.29) is 12.2 Å². The Hall–Kier alpha value is -4.17. The predicted octanol–water partition coefficient (Wildman–Crippen LogP) is 5.53. The molecule has 3 aromatic carbocycles. The van der Waals surface area contributed by atoms with Crippen LogP contribution in [-0.4, -0.2) is 30.4 Å². The lowest BCUT2D eigenvalue weighted by atomic mass is 9.96. The van der Waals surface area contributed by atoms with E-state index < -0.39 is 12.0 Å². The van der Waals surface area contributed by atoms with Gasteiger partial charge in [0.2, 0.25) is 0 Å². The van der Waals surface area contributed by atoms with Gasteiger partial charge in [0.25, 0.3) is 5.56 Å². The van der Waals surface area contributed by atoms with E-state index in [2.05, 4.69) is 6.92 Å². The van der Waals surface area contributed by atoms with Gasteiger partial charge < -0.3 is 14.2 Å². The molecule has 0 bridgehead atoms. The molecule has 1 aromatic heterocycles. The Labute approximate surface area is 243 Å². The van der Waals surface area contributed by atoms with E-state index in [1.54, 1.807) is 18.4 Å². The second-order valence-electron chi connectivity index (χ2n) is 9.70. The topological polar surface area (TPSA) is 79.1 Å². The van der Waals surface area contributed by atoms with Gasteiger partial charge in [0, 0.05) is 5.56 Å².